The van der Waals surface area contributed by atoms with E-state index in [0.717, 1.165) is 215 Å². The summed E-state index contributed by atoms with van der Waals surface area (Å²) < 4.78 is 40.3. The summed E-state index contributed by atoms with van der Waals surface area (Å²) in [5, 5.41) is 33.7. The number of amides is 6. The second-order valence-corrected chi connectivity index (χ2v) is 36.0. The number of ether oxygens (including phenoxy) is 6. The van der Waals surface area contributed by atoms with Crippen molar-refractivity contribution in [2.75, 3.05) is 102 Å². The molecule has 9 fully saturated rings. The van der Waals surface area contributed by atoms with E-state index in [9.17, 15) is 28.8 Å². The van der Waals surface area contributed by atoms with Crippen molar-refractivity contribution in [3.05, 3.63) is 89.9 Å². The monoisotopic (exact) mass is 1790 g/mol. The van der Waals surface area contributed by atoms with Crippen molar-refractivity contribution >= 4 is 72.7 Å². The SMILES string of the molecule is COc1cccc(OC)c1-c1cc(C(=O)N[C@@H](CCN2CCCCC2)CC(=O)NC2CCC2)nn1C1CCC(C)C1.COc1cccc(OC)c1-c1cc(C(=O)N[C@@H](CCN2CCCCC2)CC(=O)NC2CCC2)nn1C1CCCC1.COc1cccc(OC)c1-c1cc(C(=O)N[C@@H](CCN2CCCCC2)CC(=O)NC2CCC2)nn1C1CCCC1C.Cl.Cl.Cl. The van der Waals surface area contributed by atoms with Crippen LogP contribution in [0.1, 0.15) is 282 Å². The summed E-state index contributed by atoms with van der Waals surface area (Å²) in [7, 11) is 9.87. The first-order valence-electron chi connectivity index (χ1n) is 46.4. The molecule has 6 heterocycles. The highest BCUT2D eigenvalue weighted by Crippen LogP contribution is 2.47. The van der Waals surface area contributed by atoms with Crippen LogP contribution in [0.3, 0.4) is 0 Å². The van der Waals surface area contributed by atoms with Crippen LogP contribution in [-0.2, 0) is 14.4 Å². The Morgan fingerprint density at radius 2 is 0.664 bits per heavy atom. The number of likely N-dealkylation sites (tertiary alicyclic amines) is 3. The standard InChI is InChI=1S/2C32H47N5O4.C31H45N5O4.3ClH/c1-22-10-7-13-26(22)37-27(31-28(40-2)14-9-15-29(31)41-3)21-25(35-37)32(39)34-24(16-19-36-17-5-4-6-18-36)20-30(38)33-23-11-8-12-23;1-22-13-14-25(19-22)37-27(31-28(40-2)11-8-12-29(31)41-3)21-26(35-37)32(39)34-24(15-18-36-16-5-4-6-17-36)20-30(38)33-23-9-7-10-23;1-39-27-14-9-15-28(40-2)30(27)26-21-25(34-36(26)24-12-4-5-13-24)31(38)33-23(16-19-35-17-6-3-7-18-35)20-29(37)32-22-10-8-11-22;;;/h9,14-15,21-24,26H,4-8,10-13,16-20H2,1-3H3,(H,33,38)(H,34,39);8,11-12,21-25H,4-7,9-10,13-20H2,1-3H3,(H,33,38)(H,34,39);9,14-15,21-24H,3-8,10-13,16-20H2,1-2H3,(H,32,37)(H,33,38);3*1H/t22?,24-,26?;22?,24-,25?;23-;;;/m000.../s1. The Hall–Kier alpha value is -8.34. The summed E-state index contributed by atoms with van der Waals surface area (Å²) >= 11 is 0. The van der Waals surface area contributed by atoms with Crippen molar-refractivity contribution in [2.45, 2.75) is 287 Å². The van der Waals surface area contributed by atoms with Gasteiger partial charge in [-0.1, -0.05) is 70.6 Å². The molecule has 125 heavy (non-hydrogen) atoms. The van der Waals surface area contributed by atoms with Gasteiger partial charge in [-0.15, -0.1) is 37.2 Å². The molecule has 7 atom stereocenters. The van der Waals surface area contributed by atoms with Crippen LogP contribution in [0.15, 0.2) is 72.8 Å². The third-order valence-corrected chi connectivity index (χ3v) is 27.2. The molecule has 0 spiro atoms. The Bertz CT molecular complexity index is 4340. The summed E-state index contributed by atoms with van der Waals surface area (Å²) in [6.07, 6.45) is 34.7. The van der Waals surface area contributed by atoms with E-state index in [0.29, 0.717) is 63.4 Å². The highest BCUT2D eigenvalue weighted by atomic mass is 35.5. The molecule has 4 unspecified atom stereocenters. The van der Waals surface area contributed by atoms with Gasteiger partial charge in [-0.2, -0.15) is 15.3 Å². The molecule has 0 radical (unpaired) electrons. The normalized spacial score (nSPS) is 20.6. The van der Waals surface area contributed by atoms with Crippen LogP contribution in [0, 0.1) is 11.8 Å². The largest absolute Gasteiger partial charge is 0.496 e. The minimum Gasteiger partial charge on any atom is -0.496 e. The molecule has 6 saturated carbocycles. The summed E-state index contributed by atoms with van der Waals surface area (Å²) in [6, 6.07) is 23.4. The van der Waals surface area contributed by atoms with E-state index in [4.69, 9.17) is 43.7 Å². The van der Waals surface area contributed by atoms with Crippen molar-refractivity contribution in [1.82, 2.24) is 75.9 Å². The van der Waals surface area contributed by atoms with Gasteiger partial charge in [0.05, 0.1) is 94.6 Å². The Balaban J connectivity index is 0.000000194. The van der Waals surface area contributed by atoms with E-state index in [1.165, 1.54) is 77.0 Å². The molecular weight excluding hydrogens is 1650 g/mol. The van der Waals surface area contributed by atoms with Gasteiger partial charge >= 0.3 is 0 Å². The Labute approximate surface area is 759 Å². The zero-order valence-electron chi connectivity index (χ0n) is 75.3. The maximum absolute atomic E-state index is 13.8. The van der Waals surface area contributed by atoms with Crippen LogP contribution in [-0.4, -0.2) is 217 Å². The lowest BCUT2D eigenvalue weighted by atomic mass is 9.93. The third-order valence-electron chi connectivity index (χ3n) is 27.2. The number of hydrogen-bond acceptors (Lipinski definition) is 18. The minimum atomic E-state index is -0.260. The maximum atomic E-state index is 13.8. The molecule has 9 aliphatic rings. The van der Waals surface area contributed by atoms with Gasteiger partial charge in [0.25, 0.3) is 17.7 Å². The molecule has 6 aliphatic carbocycles. The summed E-state index contributed by atoms with van der Waals surface area (Å²) in [4.78, 5) is 87.3. The number of carbonyl (C=O) groups is 6. The van der Waals surface area contributed by atoms with Gasteiger partial charge in [-0.25, -0.2) is 0 Å². The first-order valence-corrected chi connectivity index (χ1v) is 46.4. The van der Waals surface area contributed by atoms with Gasteiger partial charge < -0.3 is 75.0 Å². The van der Waals surface area contributed by atoms with Crippen LogP contribution in [0.4, 0.5) is 0 Å². The van der Waals surface area contributed by atoms with Crippen molar-refractivity contribution in [1.29, 1.82) is 0 Å². The molecule has 3 aromatic carbocycles. The molecule has 6 aromatic rings. The van der Waals surface area contributed by atoms with Crippen LogP contribution < -0.4 is 60.3 Å². The number of rotatable bonds is 36. The average molecular weight is 1790 g/mol. The number of methoxy groups -OCH3 is 6. The van der Waals surface area contributed by atoms with E-state index >= 15 is 0 Å². The Kier molecular flexibility index (Phi) is 39.0. The Morgan fingerprint density at radius 1 is 0.360 bits per heavy atom. The van der Waals surface area contributed by atoms with Crippen LogP contribution >= 0.6 is 37.2 Å². The molecule has 6 amide bonds. The van der Waals surface area contributed by atoms with Crippen molar-refractivity contribution in [2.24, 2.45) is 11.8 Å². The van der Waals surface area contributed by atoms with Crippen molar-refractivity contribution < 1.29 is 57.2 Å². The first kappa shape index (κ1) is 98.8. The number of hydrogen-bond donors (Lipinski definition) is 6. The van der Waals surface area contributed by atoms with Gasteiger partial charge in [-0.3, -0.25) is 42.8 Å². The number of piperidine rings is 3. The highest BCUT2D eigenvalue weighted by molar-refractivity contribution is 5.97. The van der Waals surface area contributed by atoms with Crippen molar-refractivity contribution in [3.63, 3.8) is 0 Å². The molecule has 27 nitrogen and oxygen atoms in total. The average Bonchev–Trinajstić information content (AvgIpc) is 1.65. The molecule has 3 aliphatic heterocycles. The molecular formula is C95H142Cl3N15O12. The number of benzene rings is 3. The number of nitrogens with one attached hydrogen (secondary N) is 6. The molecule has 3 saturated heterocycles. The lowest BCUT2D eigenvalue weighted by Crippen LogP contribution is -2.45. The second kappa shape index (κ2) is 49.3. The second-order valence-electron chi connectivity index (χ2n) is 36.0. The lowest BCUT2D eigenvalue weighted by Gasteiger charge is -2.29. The summed E-state index contributed by atoms with van der Waals surface area (Å²) in [5.74, 6) is 4.42. The van der Waals surface area contributed by atoms with Gasteiger partial charge in [0.1, 0.15) is 34.5 Å². The molecule has 3 aromatic heterocycles. The zero-order valence-corrected chi connectivity index (χ0v) is 77.8. The Morgan fingerprint density at radius 3 is 0.944 bits per heavy atom. The first-order chi connectivity index (χ1) is 59.5. The van der Waals surface area contributed by atoms with E-state index < -0.39 is 0 Å². The predicted octanol–water partition coefficient (Wildman–Crippen LogP) is 15.9. The predicted molar refractivity (Wildman–Crippen MR) is 495 cm³/mol. The highest BCUT2D eigenvalue weighted by Gasteiger charge is 2.37. The zero-order chi connectivity index (χ0) is 85.4. The van der Waals surface area contributed by atoms with Gasteiger partial charge in [0.2, 0.25) is 17.7 Å². The molecule has 690 valence electrons. The van der Waals surface area contributed by atoms with Crippen LogP contribution in [0.5, 0.6) is 34.5 Å². The van der Waals surface area contributed by atoms with Gasteiger partial charge in [0.15, 0.2) is 17.1 Å². The molecule has 30 heteroatoms. The fraction of sp³-hybridized carbons (Fsp3) is 0.653. The van der Waals surface area contributed by atoms with E-state index in [1.807, 2.05) is 86.8 Å². The summed E-state index contributed by atoms with van der Waals surface area (Å²) in [5.41, 5.74) is 5.91. The van der Waals surface area contributed by atoms with E-state index in [2.05, 4.69) is 60.4 Å². The molecule has 6 N–H and O–H groups in total. The fourth-order valence-corrected chi connectivity index (χ4v) is 19.4. The third kappa shape index (κ3) is 26.7. The minimum absolute atomic E-state index is 0. The number of halogens is 3. The number of carbonyl (C=O) groups excluding carboxylic acids is 6. The van der Waals surface area contributed by atoms with E-state index in [1.54, 1.807) is 42.7 Å². The van der Waals surface area contributed by atoms with Crippen molar-refractivity contribution in [3.8, 4) is 68.3 Å². The lowest BCUT2D eigenvalue weighted by molar-refractivity contribution is -0.123. The van der Waals surface area contributed by atoms with Crippen LogP contribution in [0.2, 0.25) is 0 Å². The quantitative estimate of drug-likeness (QED) is 0.0213. The van der Waals surface area contributed by atoms with E-state index in [-0.39, 0.29) is 146 Å². The van der Waals surface area contributed by atoms with Gasteiger partial charge in [-0.05, 0) is 266 Å². The van der Waals surface area contributed by atoms with Crippen LogP contribution in [0.25, 0.3) is 33.8 Å². The number of nitrogens with zero attached hydrogens (tertiary/aromatic N) is 9. The maximum Gasteiger partial charge on any atom is 0.272 e. The summed E-state index contributed by atoms with van der Waals surface area (Å²) in [6.45, 7) is 13.7. The number of aromatic nitrogens is 6. The topological polar surface area (TPSA) is 293 Å². The van der Waals surface area contributed by atoms with Gasteiger partial charge in [0, 0.05) is 75.1 Å². The fourth-order valence-electron chi connectivity index (χ4n) is 19.4. The molecule has 15 rings (SSSR count). The molecule has 0 bridgehead atoms. The smallest absolute Gasteiger partial charge is 0.272 e.